The van der Waals surface area contributed by atoms with Crippen LogP contribution in [0.4, 0.5) is 0 Å². The van der Waals surface area contributed by atoms with Crippen LogP contribution in [0.3, 0.4) is 0 Å². The minimum atomic E-state index is 0.402. The summed E-state index contributed by atoms with van der Waals surface area (Å²) in [4.78, 5) is 0. The minimum absolute atomic E-state index is 0.402. The SMILES string of the molecule is OC[C@@H]1[C@H]2C=CCC[C@H]21. The monoisotopic (exact) mass is 124 g/mol. The molecule has 1 N–H and O–H groups in total. The molecule has 0 aliphatic heterocycles. The zero-order valence-electron chi connectivity index (χ0n) is 5.46. The summed E-state index contributed by atoms with van der Waals surface area (Å²) in [6.07, 6.45) is 7.07. The van der Waals surface area contributed by atoms with Gasteiger partial charge in [-0.1, -0.05) is 12.2 Å². The van der Waals surface area contributed by atoms with E-state index in [2.05, 4.69) is 12.2 Å². The second-order valence-corrected chi connectivity index (χ2v) is 3.09. The smallest absolute Gasteiger partial charge is 0.0467 e. The Morgan fingerprint density at radius 2 is 2.44 bits per heavy atom. The lowest BCUT2D eigenvalue weighted by atomic mass is 10.1. The predicted octanol–water partition coefficient (Wildman–Crippen LogP) is 1.19. The summed E-state index contributed by atoms with van der Waals surface area (Å²) in [5.74, 6) is 2.23. The van der Waals surface area contributed by atoms with Gasteiger partial charge in [-0.25, -0.2) is 0 Å². The van der Waals surface area contributed by atoms with Crippen molar-refractivity contribution >= 4 is 0 Å². The Balaban J connectivity index is 2.02. The highest BCUT2D eigenvalue weighted by atomic mass is 16.3. The first kappa shape index (κ1) is 5.48. The van der Waals surface area contributed by atoms with Crippen LogP contribution in [0, 0.1) is 17.8 Å². The van der Waals surface area contributed by atoms with Crippen LogP contribution in [0.2, 0.25) is 0 Å². The molecule has 1 saturated carbocycles. The van der Waals surface area contributed by atoms with Crippen LogP contribution in [-0.2, 0) is 0 Å². The summed E-state index contributed by atoms with van der Waals surface area (Å²) in [5.41, 5.74) is 0. The van der Waals surface area contributed by atoms with Crippen LogP contribution in [0.25, 0.3) is 0 Å². The molecule has 2 rings (SSSR count). The molecule has 0 amide bonds. The molecule has 1 nitrogen and oxygen atoms in total. The second kappa shape index (κ2) is 1.84. The number of hydrogen-bond donors (Lipinski definition) is 1. The van der Waals surface area contributed by atoms with Gasteiger partial charge in [-0.05, 0) is 30.6 Å². The summed E-state index contributed by atoms with van der Waals surface area (Å²) in [5, 5.41) is 8.80. The summed E-state index contributed by atoms with van der Waals surface area (Å²) in [7, 11) is 0. The maximum absolute atomic E-state index is 8.80. The summed E-state index contributed by atoms with van der Waals surface area (Å²) < 4.78 is 0. The average molecular weight is 124 g/mol. The fraction of sp³-hybridized carbons (Fsp3) is 0.750. The fourth-order valence-electron chi connectivity index (χ4n) is 1.97. The van der Waals surface area contributed by atoms with Gasteiger partial charge in [-0.15, -0.1) is 0 Å². The van der Waals surface area contributed by atoms with E-state index in [-0.39, 0.29) is 0 Å². The van der Waals surface area contributed by atoms with Crippen molar-refractivity contribution in [2.45, 2.75) is 12.8 Å². The summed E-state index contributed by atoms with van der Waals surface area (Å²) in [6, 6.07) is 0. The van der Waals surface area contributed by atoms with E-state index >= 15 is 0 Å². The molecule has 2 aliphatic carbocycles. The number of rotatable bonds is 1. The van der Waals surface area contributed by atoms with Crippen molar-refractivity contribution in [2.24, 2.45) is 17.8 Å². The van der Waals surface area contributed by atoms with Crippen molar-refractivity contribution in [2.75, 3.05) is 6.61 Å². The van der Waals surface area contributed by atoms with E-state index in [1.54, 1.807) is 0 Å². The number of hydrogen-bond acceptors (Lipinski definition) is 1. The molecule has 0 aromatic carbocycles. The number of fused-ring (bicyclic) bond motifs is 1. The molecular formula is C8H12O. The predicted molar refractivity (Wildman–Crippen MR) is 35.9 cm³/mol. The van der Waals surface area contributed by atoms with Crippen molar-refractivity contribution in [1.82, 2.24) is 0 Å². The highest BCUT2D eigenvalue weighted by molar-refractivity contribution is 5.12. The maximum Gasteiger partial charge on any atom is 0.0467 e. The van der Waals surface area contributed by atoms with Crippen LogP contribution in [0.1, 0.15) is 12.8 Å². The average Bonchev–Trinajstić information content (AvgIpc) is 2.60. The van der Waals surface area contributed by atoms with Crippen molar-refractivity contribution in [3.8, 4) is 0 Å². The molecule has 0 unspecified atom stereocenters. The normalized spacial score (nSPS) is 46.6. The van der Waals surface area contributed by atoms with Crippen LogP contribution in [0.15, 0.2) is 12.2 Å². The van der Waals surface area contributed by atoms with Crippen LogP contribution < -0.4 is 0 Å². The van der Waals surface area contributed by atoms with Crippen LogP contribution in [-0.4, -0.2) is 11.7 Å². The Labute approximate surface area is 55.4 Å². The maximum atomic E-state index is 8.80. The Kier molecular flexibility index (Phi) is 1.12. The van der Waals surface area contributed by atoms with E-state index in [1.807, 2.05) is 0 Å². The van der Waals surface area contributed by atoms with E-state index in [9.17, 15) is 0 Å². The zero-order valence-corrected chi connectivity index (χ0v) is 5.46. The van der Waals surface area contributed by atoms with Crippen LogP contribution in [0.5, 0.6) is 0 Å². The van der Waals surface area contributed by atoms with Gasteiger partial charge < -0.3 is 5.11 Å². The van der Waals surface area contributed by atoms with E-state index in [0.29, 0.717) is 12.5 Å². The molecule has 0 spiro atoms. The summed E-state index contributed by atoms with van der Waals surface area (Å²) in [6.45, 7) is 0.402. The molecule has 9 heavy (non-hydrogen) atoms. The molecule has 0 radical (unpaired) electrons. The Hall–Kier alpha value is -0.300. The van der Waals surface area contributed by atoms with E-state index in [1.165, 1.54) is 12.8 Å². The standard InChI is InChI=1S/C8H12O/c9-5-8-6-3-1-2-4-7(6)8/h1,3,6-9H,2,4-5H2/t6-,7+,8+/m0/s1. The number of aliphatic hydroxyl groups is 1. The van der Waals surface area contributed by atoms with Gasteiger partial charge >= 0.3 is 0 Å². The molecular weight excluding hydrogens is 112 g/mol. The molecule has 50 valence electrons. The van der Waals surface area contributed by atoms with Crippen molar-refractivity contribution < 1.29 is 5.11 Å². The molecule has 0 aromatic rings. The van der Waals surface area contributed by atoms with E-state index in [0.717, 1.165) is 11.8 Å². The highest BCUT2D eigenvalue weighted by Gasteiger charge is 2.47. The lowest BCUT2D eigenvalue weighted by molar-refractivity contribution is 0.265. The minimum Gasteiger partial charge on any atom is -0.396 e. The van der Waals surface area contributed by atoms with Crippen molar-refractivity contribution in [1.29, 1.82) is 0 Å². The van der Waals surface area contributed by atoms with Gasteiger partial charge in [0, 0.05) is 6.61 Å². The molecule has 0 aromatic heterocycles. The first-order valence-corrected chi connectivity index (χ1v) is 3.71. The van der Waals surface area contributed by atoms with Gasteiger partial charge in [0.2, 0.25) is 0 Å². The number of allylic oxidation sites excluding steroid dienone is 2. The fourth-order valence-corrected chi connectivity index (χ4v) is 1.97. The largest absolute Gasteiger partial charge is 0.396 e. The lowest BCUT2D eigenvalue weighted by Gasteiger charge is -1.96. The lowest BCUT2D eigenvalue weighted by Crippen LogP contribution is -1.87. The Bertz CT molecular complexity index is 136. The highest BCUT2D eigenvalue weighted by Crippen LogP contribution is 2.51. The topological polar surface area (TPSA) is 20.2 Å². The molecule has 1 fully saturated rings. The zero-order chi connectivity index (χ0) is 6.27. The van der Waals surface area contributed by atoms with E-state index < -0.39 is 0 Å². The molecule has 1 heteroatoms. The number of aliphatic hydroxyl groups excluding tert-OH is 1. The molecule has 0 saturated heterocycles. The Morgan fingerprint density at radius 1 is 1.56 bits per heavy atom. The first-order valence-electron chi connectivity index (χ1n) is 3.71. The van der Waals surface area contributed by atoms with Gasteiger partial charge in [0.15, 0.2) is 0 Å². The third-order valence-electron chi connectivity index (χ3n) is 2.63. The van der Waals surface area contributed by atoms with Crippen molar-refractivity contribution in [3.63, 3.8) is 0 Å². The summed E-state index contributed by atoms with van der Waals surface area (Å²) >= 11 is 0. The van der Waals surface area contributed by atoms with Gasteiger partial charge in [0.25, 0.3) is 0 Å². The Morgan fingerprint density at radius 3 is 3.00 bits per heavy atom. The van der Waals surface area contributed by atoms with Gasteiger partial charge in [0.1, 0.15) is 0 Å². The van der Waals surface area contributed by atoms with Gasteiger partial charge in [0.05, 0.1) is 0 Å². The van der Waals surface area contributed by atoms with Crippen LogP contribution >= 0.6 is 0 Å². The third-order valence-corrected chi connectivity index (χ3v) is 2.63. The molecule has 3 atom stereocenters. The quantitative estimate of drug-likeness (QED) is 0.520. The molecule has 2 aliphatic rings. The van der Waals surface area contributed by atoms with E-state index in [4.69, 9.17) is 5.11 Å². The first-order chi connectivity index (χ1) is 4.43. The second-order valence-electron chi connectivity index (χ2n) is 3.09. The third kappa shape index (κ3) is 0.715. The molecule has 0 heterocycles. The van der Waals surface area contributed by atoms with Crippen molar-refractivity contribution in [3.05, 3.63) is 12.2 Å². The van der Waals surface area contributed by atoms with Gasteiger partial charge in [-0.3, -0.25) is 0 Å². The van der Waals surface area contributed by atoms with Gasteiger partial charge in [-0.2, -0.15) is 0 Å². The molecule has 0 bridgehead atoms.